The summed E-state index contributed by atoms with van der Waals surface area (Å²) in [6.07, 6.45) is 8.83. The third-order valence-corrected chi connectivity index (χ3v) is 3.42. The molecule has 1 aliphatic carbocycles. The van der Waals surface area contributed by atoms with Crippen molar-refractivity contribution in [3.05, 3.63) is 18.0 Å². The first-order valence-electron chi connectivity index (χ1n) is 6.70. The number of carboxylic acids is 1. The lowest BCUT2D eigenvalue weighted by Crippen LogP contribution is -2.36. The van der Waals surface area contributed by atoms with Gasteiger partial charge in [0, 0.05) is 25.2 Å². The van der Waals surface area contributed by atoms with E-state index >= 15 is 0 Å². The van der Waals surface area contributed by atoms with Crippen LogP contribution in [0.2, 0.25) is 0 Å². The number of amides is 1. The Morgan fingerprint density at radius 1 is 1.37 bits per heavy atom. The predicted molar refractivity (Wildman–Crippen MR) is 68.8 cm³/mol. The summed E-state index contributed by atoms with van der Waals surface area (Å²) in [6.45, 7) is 0.409. The predicted octanol–water partition coefficient (Wildman–Crippen LogP) is 1.42. The van der Waals surface area contributed by atoms with E-state index in [1.54, 1.807) is 0 Å². The quantitative estimate of drug-likeness (QED) is 0.843. The van der Waals surface area contributed by atoms with Crippen LogP contribution in [0.4, 0.5) is 0 Å². The second kappa shape index (κ2) is 6.36. The molecular formula is C13H19N3O3. The van der Waals surface area contributed by atoms with Crippen molar-refractivity contribution in [2.75, 3.05) is 0 Å². The van der Waals surface area contributed by atoms with E-state index in [9.17, 15) is 9.59 Å². The molecule has 6 heteroatoms. The molecule has 1 aliphatic rings. The van der Waals surface area contributed by atoms with Gasteiger partial charge in [0.25, 0.3) is 0 Å². The Morgan fingerprint density at radius 3 is 2.74 bits per heavy atom. The molecule has 0 aliphatic heterocycles. The molecule has 0 aromatic carbocycles. The number of carbonyl (C=O) groups is 2. The molecule has 0 saturated heterocycles. The van der Waals surface area contributed by atoms with Crippen molar-refractivity contribution in [1.82, 2.24) is 15.1 Å². The van der Waals surface area contributed by atoms with Crippen molar-refractivity contribution in [2.45, 2.75) is 51.1 Å². The number of nitrogens with one attached hydrogen (secondary N) is 1. The summed E-state index contributed by atoms with van der Waals surface area (Å²) in [5, 5.41) is 15.7. The van der Waals surface area contributed by atoms with Crippen LogP contribution in [0.15, 0.2) is 12.4 Å². The van der Waals surface area contributed by atoms with Gasteiger partial charge in [0.15, 0.2) is 0 Å². The normalized spacial score (nSPS) is 16.2. The fourth-order valence-corrected chi connectivity index (χ4v) is 2.36. The maximum absolute atomic E-state index is 11.8. The average molecular weight is 265 g/mol. The molecule has 0 spiro atoms. The monoisotopic (exact) mass is 265 g/mol. The van der Waals surface area contributed by atoms with Crippen molar-refractivity contribution in [3.63, 3.8) is 0 Å². The van der Waals surface area contributed by atoms with Crippen LogP contribution in [0.5, 0.6) is 0 Å². The number of nitrogens with zero attached hydrogens (tertiary/aromatic N) is 2. The van der Waals surface area contributed by atoms with Crippen molar-refractivity contribution < 1.29 is 14.7 Å². The number of hydrogen-bond donors (Lipinski definition) is 2. The highest BCUT2D eigenvalue weighted by Gasteiger charge is 2.15. The molecule has 2 rings (SSSR count). The molecule has 0 radical (unpaired) electrons. The summed E-state index contributed by atoms with van der Waals surface area (Å²) < 4.78 is 1.49. The van der Waals surface area contributed by atoms with Crippen LogP contribution < -0.4 is 5.32 Å². The second-order valence-corrected chi connectivity index (χ2v) is 4.95. The van der Waals surface area contributed by atoms with Gasteiger partial charge in [-0.25, -0.2) is 4.79 Å². The summed E-state index contributed by atoms with van der Waals surface area (Å²) in [6, 6.07) is 0.313. The van der Waals surface area contributed by atoms with Crippen LogP contribution in [-0.2, 0) is 11.3 Å². The van der Waals surface area contributed by atoms with Crippen molar-refractivity contribution in [3.8, 4) is 0 Å². The minimum atomic E-state index is -1.00. The summed E-state index contributed by atoms with van der Waals surface area (Å²) >= 11 is 0. The molecule has 1 saturated carbocycles. The summed E-state index contributed by atoms with van der Waals surface area (Å²) in [5.41, 5.74) is 0.146. The Bertz CT molecular complexity index is 450. The number of carbonyl (C=O) groups excluding carboxylic acids is 1. The smallest absolute Gasteiger partial charge is 0.338 e. The second-order valence-electron chi connectivity index (χ2n) is 4.95. The van der Waals surface area contributed by atoms with E-state index in [0.29, 0.717) is 19.0 Å². The fraction of sp³-hybridized carbons (Fsp3) is 0.615. The number of hydrogen-bond acceptors (Lipinski definition) is 3. The zero-order valence-corrected chi connectivity index (χ0v) is 10.8. The molecule has 0 atom stereocenters. The summed E-state index contributed by atoms with van der Waals surface area (Å²) in [5.74, 6) is -0.989. The van der Waals surface area contributed by atoms with E-state index in [2.05, 4.69) is 10.4 Å². The highest BCUT2D eigenvalue weighted by Crippen LogP contribution is 2.17. The molecule has 1 amide bonds. The topological polar surface area (TPSA) is 84.2 Å². The van der Waals surface area contributed by atoms with Gasteiger partial charge in [0.2, 0.25) is 5.91 Å². The van der Waals surface area contributed by atoms with Gasteiger partial charge < -0.3 is 10.4 Å². The van der Waals surface area contributed by atoms with E-state index in [-0.39, 0.29) is 11.5 Å². The van der Waals surface area contributed by atoms with Gasteiger partial charge in [-0.15, -0.1) is 0 Å². The van der Waals surface area contributed by atoms with Crippen LogP contribution in [0, 0.1) is 0 Å². The van der Waals surface area contributed by atoms with Crippen LogP contribution in [0.25, 0.3) is 0 Å². The largest absolute Gasteiger partial charge is 0.478 e. The highest BCUT2D eigenvalue weighted by atomic mass is 16.4. The van der Waals surface area contributed by atoms with Crippen molar-refractivity contribution in [1.29, 1.82) is 0 Å². The molecule has 6 nitrogen and oxygen atoms in total. The Kier molecular flexibility index (Phi) is 4.54. The minimum Gasteiger partial charge on any atom is -0.478 e. The molecule has 2 N–H and O–H groups in total. The van der Waals surface area contributed by atoms with Gasteiger partial charge in [0.1, 0.15) is 0 Å². The molecule has 1 aromatic heterocycles. The Labute approximate surface area is 111 Å². The Morgan fingerprint density at radius 2 is 2.11 bits per heavy atom. The number of aromatic nitrogens is 2. The highest BCUT2D eigenvalue weighted by molar-refractivity contribution is 5.86. The molecule has 1 aromatic rings. The SMILES string of the molecule is O=C(CCn1cc(C(=O)O)cn1)NC1CCCCC1. The molecule has 104 valence electrons. The van der Waals surface area contributed by atoms with Gasteiger partial charge in [-0.3, -0.25) is 9.48 Å². The molecule has 19 heavy (non-hydrogen) atoms. The van der Waals surface area contributed by atoms with Crippen LogP contribution in [0.3, 0.4) is 0 Å². The number of aromatic carboxylic acids is 1. The third-order valence-electron chi connectivity index (χ3n) is 3.42. The molecule has 0 bridgehead atoms. The van der Waals surface area contributed by atoms with E-state index in [1.165, 1.54) is 36.3 Å². The molecule has 1 heterocycles. The fourth-order valence-electron chi connectivity index (χ4n) is 2.36. The number of carboxylic acid groups (broad SMARTS) is 1. The standard InChI is InChI=1S/C13H19N3O3/c17-12(15-11-4-2-1-3-5-11)6-7-16-9-10(8-14-16)13(18)19/h8-9,11H,1-7H2,(H,15,17)(H,18,19). The van der Waals surface area contributed by atoms with E-state index in [0.717, 1.165) is 12.8 Å². The average Bonchev–Trinajstić information content (AvgIpc) is 2.86. The van der Waals surface area contributed by atoms with E-state index in [4.69, 9.17) is 5.11 Å². The van der Waals surface area contributed by atoms with Gasteiger partial charge in [-0.1, -0.05) is 19.3 Å². The van der Waals surface area contributed by atoms with Crippen LogP contribution in [0.1, 0.15) is 48.9 Å². The maximum Gasteiger partial charge on any atom is 0.338 e. The van der Waals surface area contributed by atoms with Crippen LogP contribution >= 0.6 is 0 Å². The van der Waals surface area contributed by atoms with E-state index in [1.807, 2.05) is 0 Å². The van der Waals surface area contributed by atoms with Crippen molar-refractivity contribution >= 4 is 11.9 Å². The van der Waals surface area contributed by atoms with Gasteiger partial charge in [-0.2, -0.15) is 5.10 Å². The lowest BCUT2D eigenvalue weighted by molar-refractivity contribution is -0.122. The molecule has 1 fully saturated rings. The summed E-state index contributed by atoms with van der Waals surface area (Å²) in [4.78, 5) is 22.4. The first-order valence-corrected chi connectivity index (χ1v) is 6.70. The first kappa shape index (κ1) is 13.6. The third kappa shape index (κ3) is 4.08. The zero-order valence-electron chi connectivity index (χ0n) is 10.8. The Balaban J connectivity index is 1.74. The summed E-state index contributed by atoms with van der Waals surface area (Å²) in [7, 11) is 0. The maximum atomic E-state index is 11.8. The first-order chi connectivity index (χ1) is 9.15. The van der Waals surface area contributed by atoms with Gasteiger partial charge >= 0.3 is 5.97 Å². The minimum absolute atomic E-state index is 0.0132. The van der Waals surface area contributed by atoms with Crippen LogP contribution in [-0.4, -0.2) is 32.8 Å². The molecule has 0 unspecified atom stereocenters. The Hall–Kier alpha value is -1.85. The van der Waals surface area contributed by atoms with E-state index < -0.39 is 5.97 Å². The molecular weight excluding hydrogens is 246 g/mol. The number of rotatable bonds is 5. The number of aryl methyl sites for hydroxylation is 1. The lowest BCUT2D eigenvalue weighted by atomic mass is 9.95. The van der Waals surface area contributed by atoms with Gasteiger partial charge in [-0.05, 0) is 12.8 Å². The zero-order chi connectivity index (χ0) is 13.7. The van der Waals surface area contributed by atoms with Gasteiger partial charge in [0.05, 0.1) is 11.8 Å². The van der Waals surface area contributed by atoms with Crippen molar-refractivity contribution in [2.24, 2.45) is 0 Å². The lowest BCUT2D eigenvalue weighted by Gasteiger charge is -2.22.